The van der Waals surface area contributed by atoms with Gasteiger partial charge >= 0.3 is 6.18 Å². The van der Waals surface area contributed by atoms with Crippen LogP contribution >= 0.6 is 0 Å². The third-order valence-electron chi connectivity index (χ3n) is 2.44. The van der Waals surface area contributed by atoms with Crippen LogP contribution in [0.5, 0.6) is 0 Å². The van der Waals surface area contributed by atoms with E-state index < -0.39 is 11.9 Å². The number of nitrogens with zero attached hydrogens (tertiary/aromatic N) is 3. The van der Waals surface area contributed by atoms with Gasteiger partial charge in [0, 0.05) is 11.4 Å². The third-order valence-corrected chi connectivity index (χ3v) is 2.44. The van der Waals surface area contributed by atoms with E-state index in [1.807, 2.05) is 0 Å². The molecule has 2 aromatic rings. The number of pyridine rings is 1. The second-order valence-electron chi connectivity index (χ2n) is 3.91. The Hall–Kier alpha value is -2.50. The first-order valence-electron chi connectivity index (χ1n) is 5.61. The Balaban J connectivity index is 2.58. The minimum atomic E-state index is -4.50. The second kappa shape index (κ2) is 5.24. The molecule has 0 aliphatic carbocycles. The van der Waals surface area contributed by atoms with Gasteiger partial charge in [-0.3, -0.25) is 0 Å². The topological polar surface area (TPSA) is 38.7 Å². The van der Waals surface area contributed by atoms with Gasteiger partial charge in [0.15, 0.2) is 5.82 Å². The van der Waals surface area contributed by atoms with Crippen molar-refractivity contribution in [3.63, 3.8) is 0 Å². The van der Waals surface area contributed by atoms with Crippen molar-refractivity contribution in [2.45, 2.75) is 6.18 Å². The number of aromatic nitrogens is 3. The molecule has 0 amide bonds. The normalized spacial score (nSPS) is 12.4. The van der Waals surface area contributed by atoms with Crippen molar-refractivity contribution in [2.24, 2.45) is 0 Å². The number of alkyl halides is 3. The Labute approximate surface area is 112 Å². The first kappa shape index (κ1) is 13.9. The quantitative estimate of drug-likeness (QED) is 0.842. The molecule has 0 spiro atoms. The van der Waals surface area contributed by atoms with E-state index in [-0.39, 0.29) is 11.5 Å². The van der Waals surface area contributed by atoms with Crippen LogP contribution in [0.15, 0.2) is 37.1 Å². The van der Waals surface area contributed by atoms with Crippen molar-refractivity contribution in [1.29, 1.82) is 0 Å². The Bertz CT molecular complexity index is 751. The molecule has 0 N–H and O–H groups in total. The number of halogens is 3. The van der Waals surface area contributed by atoms with E-state index in [9.17, 15) is 13.2 Å². The van der Waals surface area contributed by atoms with Crippen LogP contribution in [0.1, 0.15) is 5.69 Å². The predicted molar refractivity (Wildman–Crippen MR) is 69.7 cm³/mol. The summed E-state index contributed by atoms with van der Waals surface area (Å²) < 4.78 is 37.8. The zero-order chi connectivity index (χ0) is 14.8. The molecule has 0 fully saturated rings. The Kier molecular flexibility index (Phi) is 3.65. The average molecular weight is 277 g/mol. The first-order valence-corrected chi connectivity index (χ1v) is 5.61. The van der Waals surface area contributed by atoms with Crippen LogP contribution < -0.4 is 10.6 Å². The molecular weight excluding hydrogens is 267 g/mol. The molecule has 2 aromatic heterocycles. The molecular formula is C14H10F3N3. The van der Waals surface area contributed by atoms with Gasteiger partial charge in [0.2, 0.25) is 0 Å². The van der Waals surface area contributed by atoms with Crippen LogP contribution in [-0.2, 0) is 6.18 Å². The van der Waals surface area contributed by atoms with E-state index in [0.29, 0.717) is 10.6 Å². The molecule has 0 unspecified atom stereocenters. The lowest BCUT2D eigenvalue weighted by Crippen LogP contribution is -2.28. The molecule has 2 heterocycles. The number of hydrogen-bond donors (Lipinski definition) is 0. The molecule has 0 saturated carbocycles. The van der Waals surface area contributed by atoms with Crippen molar-refractivity contribution in [3.8, 4) is 11.5 Å². The average Bonchev–Trinajstić information content (AvgIpc) is 2.41. The second-order valence-corrected chi connectivity index (χ2v) is 3.91. The molecule has 0 aliphatic rings. The van der Waals surface area contributed by atoms with Gasteiger partial charge in [-0.1, -0.05) is 25.3 Å². The lowest BCUT2D eigenvalue weighted by atomic mass is 10.2. The van der Waals surface area contributed by atoms with Crippen molar-refractivity contribution in [3.05, 3.63) is 53.3 Å². The van der Waals surface area contributed by atoms with E-state index in [4.69, 9.17) is 0 Å². The van der Waals surface area contributed by atoms with Crippen molar-refractivity contribution in [1.82, 2.24) is 15.0 Å². The summed E-state index contributed by atoms with van der Waals surface area (Å²) in [6.07, 6.45) is 0.0411. The smallest absolute Gasteiger partial charge is 0.240 e. The number of rotatable bonds is 2. The van der Waals surface area contributed by atoms with Crippen LogP contribution in [0.25, 0.3) is 24.2 Å². The minimum absolute atomic E-state index is 0.0542. The van der Waals surface area contributed by atoms with Gasteiger partial charge < -0.3 is 0 Å². The summed E-state index contributed by atoms with van der Waals surface area (Å²) in [7, 11) is 0. The summed E-state index contributed by atoms with van der Waals surface area (Å²) in [4.78, 5) is 11.6. The van der Waals surface area contributed by atoms with Gasteiger partial charge in [0.05, 0.1) is 5.35 Å². The third kappa shape index (κ3) is 2.90. The maximum absolute atomic E-state index is 12.6. The number of allylic oxidation sites excluding steroid dienone is 1. The maximum atomic E-state index is 12.6. The van der Waals surface area contributed by atoms with E-state index in [1.165, 1.54) is 24.4 Å². The highest BCUT2D eigenvalue weighted by atomic mass is 19.4. The van der Waals surface area contributed by atoms with Crippen LogP contribution in [0.2, 0.25) is 0 Å². The van der Waals surface area contributed by atoms with E-state index in [1.54, 1.807) is 6.08 Å². The van der Waals surface area contributed by atoms with Crippen molar-refractivity contribution in [2.75, 3.05) is 0 Å². The molecule has 20 heavy (non-hydrogen) atoms. The van der Waals surface area contributed by atoms with Gasteiger partial charge in [-0.2, -0.15) is 13.2 Å². The molecule has 6 heteroatoms. The molecule has 0 saturated heterocycles. The fraction of sp³-hybridized carbons (Fsp3) is 0.0714. The van der Waals surface area contributed by atoms with Gasteiger partial charge in [-0.05, 0) is 18.2 Å². The van der Waals surface area contributed by atoms with E-state index in [2.05, 4.69) is 28.1 Å². The molecule has 0 radical (unpaired) electrons. The highest BCUT2D eigenvalue weighted by Crippen LogP contribution is 2.28. The van der Waals surface area contributed by atoms with Crippen LogP contribution in [0.3, 0.4) is 0 Å². The summed E-state index contributed by atoms with van der Waals surface area (Å²) in [5.74, 6) is 0.108. The number of hydrogen-bond acceptors (Lipinski definition) is 3. The fourth-order valence-corrected chi connectivity index (χ4v) is 1.52. The molecule has 0 bridgehead atoms. The van der Waals surface area contributed by atoms with Gasteiger partial charge in [0.1, 0.15) is 11.4 Å². The van der Waals surface area contributed by atoms with Crippen molar-refractivity contribution >= 4 is 12.7 Å². The summed E-state index contributed by atoms with van der Waals surface area (Å²) >= 11 is 0. The van der Waals surface area contributed by atoms with Gasteiger partial charge in [-0.15, -0.1) is 0 Å². The van der Waals surface area contributed by atoms with E-state index in [0.717, 1.165) is 6.07 Å². The Morgan fingerprint density at radius 2 is 1.90 bits per heavy atom. The molecule has 2 rings (SSSR count). The van der Waals surface area contributed by atoms with Gasteiger partial charge in [0.25, 0.3) is 0 Å². The van der Waals surface area contributed by atoms with Gasteiger partial charge in [-0.25, -0.2) is 15.0 Å². The zero-order valence-corrected chi connectivity index (χ0v) is 10.4. The Morgan fingerprint density at radius 3 is 2.55 bits per heavy atom. The lowest BCUT2D eigenvalue weighted by molar-refractivity contribution is -0.141. The lowest BCUT2D eigenvalue weighted by Gasteiger charge is -2.06. The van der Waals surface area contributed by atoms with Crippen LogP contribution in [0.4, 0.5) is 13.2 Å². The first-order chi connectivity index (χ1) is 9.41. The predicted octanol–water partition coefficient (Wildman–Crippen LogP) is 1.93. The fourth-order valence-electron chi connectivity index (χ4n) is 1.52. The minimum Gasteiger partial charge on any atom is -0.240 e. The van der Waals surface area contributed by atoms with E-state index >= 15 is 0 Å². The zero-order valence-electron chi connectivity index (χ0n) is 10.4. The largest absolute Gasteiger partial charge is 0.433 e. The summed E-state index contributed by atoms with van der Waals surface area (Å²) in [5, 5.41) is 1.05. The standard InChI is InChI=1S/C14H10F3N3/c1-3-5-10-9(2)8-18-13(20-10)11-6-4-7-12(19-11)14(15,16)17/h3-8H,1-2H2/b10-5+. The van der Waals surface area contributed by atoms with Crippen molar-refractivity contribution < 1.29 is 13.2 Å². The highest BCUT2D eigenvalue weighted by Gasteiger charge is 2.32. The summed E-state index contributed by atoms with van der Waals surface area (Å²) in [5.41, 5.74) is -0.926. The molecule has 0 atom stereocenters. The Morgan fingerprint density at radius 1 is 1.15 bits per heavy atom. The highest BCUT2D eigenvalue weighted by molar-refractivity contribution is 5.49. The van der Waals surface area contributed by atoms with Crippen LogP contribution in [0, 0.1) is 0 Å². The summed E-state index contributed by atoms with van der Waals surface area (Å²) in [6.45, 7) is 7.26. The maximum Gasteiger partial charge on any atom is 0.433 e. The van der Waals surface area contributed by atoms with Crippen LogP contribution in [-0.4, -0.2) is 15.0 Å². The molecule has 0 aliphatic heterocycles. The monoisotopic (exact) mass is 277 g/mol. The SMILES string of the molecule is C=C/C=c1/nc(-c2cccc(C(F)(F)F)n2)ncc1=C. The molecule has 0 aromatic carbocycles. The summed E-state index contributed by atoms with van der Waals surface area (Å²) in [6, 6.07) is 3.59. The molecule has 3 nitrogen and oxygen atoms in total. The molecule has 102 valence electrons.